The van der Waals surface area contributed by atoms with E-state index < -0.39 is 0 Å². The number of carbonyl (C=O) groups excluding carboxylic acids is 1. The van der Waals surface area contributed by atoms with E-state index in [0.29, 0.717) is 30.1 Å². The van der Waals surface area contributed by atoms with Crippen molar-refractivity contribution in [1.82, 2.24) is 10.2 Å². The van der Waals surface area contributed by atoms with Crippen LogP contribution in [0.2, 0.25) is 0 Å². The fourth-order valence-corrected chi connectivity index (χ4v) is 3.77. The number of amides is 1. The molecule has 2 heterocycles. The molecule has 5 heteroatoms. The summed E-state index contributed by atoms with van der Waals surface area (Å²) in [7, 11) is 0. The van der Waals surface area contributed by atoms with E-state index in [4.69, 9.17) is 0 Å². The molecule has 0 saturated carbocycles. The maximum Gasteiger partial charge on any atom is 0.238 e. The molecule has 114 valence electrons. The van der Waals surface area contributed by atoms with Crippen LogP contribution in [0.15, 0.2) is 24.3 Å². The Balaban J connectivity index is 1.58. The third-order valence-corrected chi connectivity index (χ3v) is 4.72. The minimum absolute atomic E-state index is 0.0204. The number of anilines is 1. The summed E-state index contributed by atoms with van der Waals surface area (Å²) in [4.78, 5) is 14.5. The third kappa shape index (κ3) is 3.09. The average molecular weight is 291 g/mol. The zero-order chi connectivity index (χ0) is 14.8. The lowest BCUT2D eigenvalue weighted by atomic mass is 9.93. The van der Waals surface area contributed by atoms with Gasteiger partial charge in [0.05, 0.1) is 6.54 Å². The van der Waals surface area contributed by atoms with Gasteiger partial charge in [-0.25, -0.2) is 4.39 Å². The summed E-state index contributed by atoms with van der Waals surface area (Å²) in [6.45, 7) is 5.74. The fraction of sp³-hybridized carbons (Fsp3) is 0.562. The molecule has 0 bridgehead atoms. The van der Waals surface area contributed by atoms with Gasteiger partial charge in [0, 0.05) is 18.3 Å². The summed E-state index contributed by atoms with van der Waals surface area (Å²) in [6.07, 6.45) is 1.08. The Bertz CT molecular complexity index is 505. The quantitative estimate of drug-likeness (QED) is 0.887. The predicted molar refractivity (Wildman–Crippen MR) is 80.5 cm³/mol. The molecular formula is C16H22FN3O. The minimum Gasteiger partial charge on any atom is -0.325 e. The summed E-state index contributed by atoms with van der Waals surface area (Å²) in [5.74, 6) is 1.04. The summed E-state index contributed by atoms with van der Waals surface area (Å²) in [6, 6.07) is 6.39. The van der Waals surface area contributed by atoms with Crippen molar-refractivity contribution >= 4 is 11.6 Å². The monoisotopic (exact) mass is 291 g/mol. The standard InChI is InChI=1S/C16H22FN3O/c1-2-15-14-8-18-7-11(14)9-20(15)10-16(21)19-13-5-3-12(17)4-6-13/h3-6,11,14-15,18H,2,7-10H2,1H3,(H,19,21). The number of nitrogens with one attached hydrogen (secondary N) is 2. The first-order valence-corrected chi connectivity index (χ1v) is 7.67. The van der Waals surface area contributed by atoms with Gasteiger partial charge in [-0.1, -0.05) is 6.92 Å². The van der Waals surface area contributed by atoms with Gasteiger partial charge in [0.15, 0.2) is 0 Å². The Hall–Kier alpha value is -1.46. The van der Waals surface area contributed by atoms with Crippen LogP contribution in [0.1, 0.15) is 13.3 Å². The van der Waals surface area contributed by atoms with Gasteiger partial charge in [0.25, 0.3) is 0 Å². The summed E-state index contributed by atoms with van der Waals surface area (Å²) < 4.78 is 12.9. The number of benzene rings is 1. The first-order valence-electron chi connectivity index (χ1n) is 7.67. The van der Waals surface area contributed by atoms with E-state index in [9.17, 15) is 9.18 Å². The van der Waals surface area contributed by atoms with Crippen molar-refractivity contribution in [3.63, 3.8) is 0 Å². The molecule has 1 aromatic rings. The first kappa shape index (κ1) is 14.5. The van der Waals surface area contributed by atoms with Crippen molar-refractivity contribution < 1.29 is 9.18 Å². The van der Waals surface area contributed by atoms with Gasteiger partial charge < -0.3 is 10.6 Å². The van der Waals surface area contributed by atoms with E-state index in [-0.39, 0.29) is 11.7 Å². The lowest BCUT2D eigenvalue weighted by Gasteiger charge is -2.26. The Morgan fingerprint density at radius 1 is 1.38 bits per heavy atom. The Morgan fingerprint density at radius 3 is 2.86 bits per heavy atom. The van der Waals surface area contributed by atoms with Crippen molar-refractivity contribution in [2.75, 3.05) is 31.5 Å². The molecule has 2 aliphatic heterocycles. The van der Waals surface area contributed by atoms with E-state index in [1.807, 2.05) is 0 Å². The molecule has 0 spiro atoms. The van der Waals surface area contributed by atoms with Crippen molar-refractivity contribution in [3.8, 4) is 0 Å². The molecular weight excluding hydrogens is 269 g/mol. The lowest BCUT2D eigenvalue weighted by Crippen LogP contribution is -2.40. The number of hydrogen-bond acceptors (Lipinski definition) is 3. The summed E-state index contributed by atoms with van der Waals surface area (Å²) in [5, 5.41) is 6.29. The molecule has 2 aliphatic rings. The summed E-state index contributed by atoms with van der Waals surface area (Å²) >= 11 is 0. The number of rotatable bonds is 4. The Morgan fingerprint density at radius 2 is 2.14 bits per heavy atom. The molecule has 3 rings (SSSR count). The van der Waals surface area contributed by atoms with Crippen LogP contribution < -0.4 is 10.6 Å². The van der Waals surface area contributed by atoms with Crippen LogP contribution in [0.5, 0.6) is 0 Å². The van der Waals surface area contributed by atoms with E-state index in [1.165, 1.54) is 12.1 Å². The fourth-order valence-electron chi connectivity index (χ4n) is 3.77. The van der Waals surface area contributed by atoms with E-state index in [2.05, 4.69) is 22.5 Å². The lowest BCUT2D eigenvalue weighted by molar-refractivity contribution is -0.117. The second-order valence-corrected chi connectivity index (χ2v) is 6.04. The zero-order valence-electron chi connectivity index (χ0n) is 12.3. The van der Waals surface area contributed by atoms with Gasteiger partial charge >= 0.3 is 0 Å². The van der Waals surface area contributed by atoms with Gasteiger partial charge in [-0.2, -0.15) is 0 Å². The van der Waals surface area contributed by atoms with Crippen LogP contribution in [-0.2, 0) is 4.79 Å². The van der Waals surface area contributed by atoms with Crippen molar-refractivity contribution in [3.05, 3.63) is 30.1 Å². The highest BCUT2D eigenvalue weighted by Crippen LogP contribution is 2.33. The number of halogens is 1. The highest BCUT2D eigenvalue weighted by Gasteiger charge is 2.43. The Labute approximate surface area is 124 Å². The molecule has 1 amide bonds. The topological polar surface area (TPSA) is 44.4 Å². The van der Waals surface area contributed by atoms with Crippen LogP contribution in [0.3, 0.4) is 0 Å². The summed E-state index contributed by atoms with van der Waals surface area (Å²) in [5.41, 5.74) is 0.649. The molecule has 1 aromatic carbocycles. The molecule has 3 atom stereocenters. The van der Waals surface area contributed by atoms with Crippen molar-refractivity contribution in [2.45, 2.75) is 19.4 Å². The van der Waals surface area contributed by atoms with Crippen LogP contribution in [0.25, 0.3) is 0 Å². The molecule has 4 nitrogen and oxygen atoms in total. The Kier molecular flexibility index (Phi) is 4.22. The number of carbonyl (C=O) groups is 1. The van der Waals surface area contributed by atoms with Gasteiger partial charge in [0.2, 0.25) is 5.91 Å². The van der Waals surface area contributed by atoms with E-state index >= 15 is 0 Å². The maximum atomic E-state index is 12.9. The first-order chi connectivity index (χ1) is 10.2. The molecule has 2 saturated heterocycles. The normalized spacial score (nSPS) is 28.6. The third-order valence-electron chi connectivity index (χ3n) is 4.72. The molecule has 2 fully saturated rings. The van der Waals surface area contributed by atoms with E-state index in [1.54, 1.807) is 12.1 Å². The molecule has 21 heavy (non-hydrogen) atoms. The number of fused-ring (bicyclic) bond motifs is 1. The SMILES string of the molecule is CCC1C2CNCC2CN1CC(=O)Nc1ccc(F)cc1. The molecule has 0 aromatic heterocycles. The van der Waals surface area contributed by atoms with Crippen molar-refractivity contribution in [1.29, 1.82) is 0 Å². The van der Waals surface area contributed by atoms with Crippen LogP contribution in [-0.4, -0.2) is 43.0 Å². The zero-order valence-corrected chi connectivity index (χ0v) is 12.3. The number of hydrogen-bond donors (Lipinski definition) is 2. The second-order valence-electron chi connectivity index (χ2n) is 6.04. The number of nitrogens with zero attached hydrogens (tertiary/aromatic N) is 1. The predicted octanol–water partition coefficient (Wildman–Crippen LogP) is 1.69. The highest BCUT2D eigenvalue weighted by atomic mass is 19.1. The molecule has 2 N–H and O–H groups in total. The molecule has 3 unspecified atom stereocenters. The smallest absolute Gasteiger partial charge is 0.238 e. The van der Waals surface area contributed by atoms with Crippen LogP contribution in [0.4, 0.5) is 10.1 Å². The minimum atomic E-state index is -0.293. The van der Waals surface area contributed by atoms with Gasteiger partial charge in [-0.3, -0.25) is 9.69 Å². The van der Waals surface area contributed by atoms with Crippen molar-refractivity contribution in [2.24, 2.45) is 11.8 Å². The molecule has 0 radical (unpaired) electrons. The second kappa shape index (κ2) is 6.12. The molecule has 0 aliphatic carbocycles. The van der Waals surface area contributed by atoms with E-state index in [0.717, 1.165) is 26.1 Å². The van der Waals surface area contributed by atoms with Gasteiger partial charge in [0.1, 0.15) is 5.82 Å². The highest BCUT2D eigenvalue weighted by molar-refractivity contribution is 5.92. The van der Waals surface area contributed by atoms with Crippen LogP contribution in [0, 0.1) is 17.7 Å². The average Bonchev–Trinajstić information content (AvgIpc) is 3.01. The number of likely N-dealkylation sites (tertiary alicyclic amines) is 1. The van der Waals surface area contributed by atoms with Gasteiger partial charge in [-0.15, -0.1) is 0 Å². The van der Waals surface area contributed by atoms with Crippen LogP contribution >= 0.6 is 0 Å². The van der Waals surface area contributed by atoms with Gasteiger partial charge in [-0.05, 0) is 55.6 Å². The maximum absolute atomic E-state index is 12.9. The largest absolute Gasteiger partial charge is 0.325 e.